The fourth-order valence-electron chi connectivity index (χ4n) is 1.30. The molecule has 1 aromatic rings. The molecule has 0 atom stereocenters. The first-order valence-corrected chi connectivity index (χ1v) is 6.06. The Morgan fingerprint density at radius 3 is 2.65 bits per heavy atom. The molecule has 0 saturated heterocycles. The van der Waals surface area contributed by atoms with E-state index in [1.807, 2.05) is 0 Å². The Morgan fingerprint density at radius 2 is 2.10 bits per heavy atom. The summed E-state index contributed by atoms with van der Waals surface area (Å²) in [6.07, 6.45) is -0.390. The molecule has 0 bridgehead atoms. The van der Waals surface area contributed by atoms with Crippen LogP contribution in [0.3, 0.4) is 0 Å². The van der Waals surface area contributed by atoms with E-state index < -0.39 is 23.1 Å². The molecule has 0 radical (unpaired) electrons. The molecule has 0 fully saturated rings. The summed E-state index contributed by atoms with van der Waals surface area (Å²) in [5.74, 6) is -0.969. The number of halogens is 1. The Morgan fingerprint density at radius 1 is 1.40 bits per heavy atom. The minimum absolute atomic E-state index is 0.0168. The van der Waals surface area contributed by atoms with Gasteiger partial charge in [0.25, 0.3) is 5.69 Å². The van der Waals surface area contributed by atoms with E-state index >= 15 is 0 Å². The highest BCUT2D eigenvalue weighted by Gasteiger charge is 2.14. The summed E-state index contributed by atoms with van der Waals surface area (Å²) < 4.78 is 9.71. The molecule has 20 heavy (non-hydrogen) atoms. The van der Waals surface area contributed by atoms with Gasteiger partial charge in [-0.3, -0.25) is 19.7 Å². The molecular weight excluding hydrogens is 290 g/mol. The van der Waals surface area contributed by atoms with Crippen LogP contribution in [-0.2, 0) is 14.3 Å². The molecular formula is C12H12ClNO6. The van der Waals surface area contributed by atoms with Gasteiger partial charge in [0.1, 0.15) is 18.8 Å². The molecule has 1 rings (SSSR count). The Balaban J connectivity index is 2.55. The Hall–Kier alpha value is -2.15. The molecule has 108 valence electrons. The lowest BCUT2D eigenvalue weighted by molar-refractivity contribution is -0.384. The van der Waals surface area contributed by atoms with Crippen molar-refractivity contribution in [2.45, 2.75) is 13.3 Å². The number of hydrogen-bond donors (Lipinski definition) is 0. The average molecular weight is 302 g/mol. The summed E-state index contributed by atoms with van der Waals surface area (Å²) in [4.78, 5) is 32.4. The third kappa shape index (κ3) is 4.85. The molecule has 0 aliphatic rings. The fraction of sp³-hybridized carbons (Fsp3) is 0.333. The van der Waals surface area contributed by atoms with E-state index in [0.29, 0.717) is 0 Å². The highest BCUT2D eigenvalue weighted by Crippen LogP contribution is 2.28. The number of carbonyl (C=O) groups excluding carboxylic acids is 2. The van der Waals surface area contributed by atoms with Crippen molar-refractivity contribution >= 4 is 29.0 Å². The third-order valence-electron chi connectivity index (χ3n) is 2.16. The molecule has 0 aliphatic carbocycles. The lowest BCUT2D eigenvalue weighted by Crippen LogP contribution is -2.17. The summed E-state index contributed by atoms with van der Waals surface area (Å²) >= 11 is 5.78. The average Bonchev–Trinajstić information content (AvgIpc) is 2.37. The van der Waals surface area contributed by atoms with Crippen LogP contribution in [-0.4, -0.2) is 29.9 Å². The summed E-state index contributed by atoms with van der Waals surface area (Å²) in [5.41, 5.74) is -0.180. The molecule has 0 amide bonds. The summed E-state index contributed by atoms with van der Waals surface area (Å²) in [7, 11) is 0. The van der Waals surface area contributed by atoms with Crippen LogP contribution in [0.15, 0.2) is 18.2 Å². The zero-order valence-corrected chi connectivity index (χ0v) is 11.4. The van der Waals surface area contributed by atoms with Crippen molar-refractivity contribution in [1.29, 1.82) is 0 Å². The number of nitro groups is 1. The smallest absolute Gasteiger partial charge is 0.313 e. The van der Waals surface area contributed by atoms with E-state index in [4.69, 9.17) is 16.3 Å². The van der Waals surface area contributed by atoms with Gasteiger partial charge >= 0.3 is 5.97 Å². The molecule has 0 heterocycles. The van der Waals surface area contributed by atoms with E-state index in [9.17, 15) is 19.7 Å². The predicted molar refractivity (Wildman–Crippen MR) is 69.9 cm³/mol. The lowest BCUT2D eigenvalue weighted by Gasteiger charge is -2.07. The first-order valence-electron chi connectivity index (χ1n) is 5.68. The Labute approximate surface area is 119 Å². The zero-order valence-electron chi connectivity index (χ0n) is 10.6. The van der Waals surface area contributed by atoms with Crippen LogP contribution in [0.5, 0.6) is 5.75 Å². The number of nitrogens with zero attached hydrogens (tertiary/aromatic N) is 1. The number of esters is 1. The van der Waals surface area contributed by atoms with Crippen molar-refractivity contribution in [3.05, 3.63) is 33.3 Å². The second-order valence-electron chi connectivity index (χ2n) is 3.68. The number of nitro benzene ring substituents is 1. The second kappa shape index (κ2) is 7.44. The normalized spacial score (nSPS) is 9.90. The van der Waals surface area contributed by atoms with Crippen LogP contribution >= 0.6 is 11.6 Å². The maximum Gasteiger partial charge on any atom is 0.313 e. The maximum absolute atomic E-state index is 11.4. The molecule has 1 aromatic carbocycles. The van der Waals surface area contributed by atoms with Gasteiger partial charge < -0.3 is 9.47 Å². The molecule has 0 aliphatic heterocycles. The van der Waals surface area contributed by atoms with Crippen molar-refractivity contribution in [3.63, 3.8) is 0 Å². The van der Waals surface area contributed by atoms with Gasteiger partial charge in [-0.2, -0.15) is 0 Å². The van der Waals surface area contributed by atoms with E-state index in [2.05, 4.69) is 4.74 Å². The number of ketones is 1. The van der Waals surface area contributed by atoms with Crippen molar-refractivity contribution in [3.8, 4) is 5.75 Å². The van der Waals surface area contributed by atoms with Crippen molar-refractivity contribution in [2.75, 3.05) is 13.2 Å². The second-order valence-corrected chi connectivity index (χ2v) is 4.09. The number of non-ortho nitro benzene ring substituents is 1. The maximum atomic E-state index is 11.4. The molecule has 0 aromatic heterocycles. The summed E-state index contributed by atoms with van der Waals surface area (Å²) in [6.45, 7) is 1.47. The quantitative estimate of drug-likeness (QED) is 0.331. The standard InChI is InChI=1S/C12H12ClNO6/c1-2-19-12(16)6-9(15)7-20-11-4-3-8(14(17)18)5-10(11)13/h3-5H,2,6-7H2,1H3. The highest BCUT2D eigenvalue weighted by atomic mass is 35.5. The van der Waals surface area contributed by atoms with Crippen molar-refractivity contribution in [1.82, 2.24) is 0 Å². The number of ether oxygens (including phenoxy) is 2. The van der Waals surface area contributed by atoms with Gasteiger partial charge in [-0.25, -0.2) is 0 Å². The van der Waals surface area contributed by atoms with Crippen LogP contribution in [0.1, 0.15) is 13.3 Å². The van der Waals surface area contributed by atoms with Crippen LogP contribution in [0.25, 0.3) is 0 Å². The van der Waals surface area contributed by atoms with E-state index in [1.54, 1.807) is 6.92 Å². The zero-order chi connectivity index (χ0) is 15.1. The van der Waals surface area contributed by atoms with Gasteiger partial charge in [-0.05, 0) is 13.0 Å². The Bertz CT molecular complexity index is 531. The monoisotopic (exact) mass is 301 g/mol. The van der Waals surface area contributed by atoms with Gasteiger partial charge in [0.15, 0.2) is 5.78 Å². The van der Waals surface area contributed by atoms with Gasteiger partial charge in [-0.15, -0.1) is 0 Å². The molecule has 0 unspecified atom stereocenters. The Kier molecular flexibility index (Phi) is 5.92. The van der Waals surface area contributed by atoms with Gasteiger partial charge in [-0.1, -0.05) is 11.6 Å². The molecule has 8 heteroatoms. The summed E-state index contributed by atoms with van der Waals surface area (Å²) in [5, 5.41) is 10.5. The van der Waals surface area contributed by atoms with Crippen molar-refractivity contribution in [2.24, 2.45) is 0 Å². The topological polar surface area (TPSA) is 95.7 Å². The van der Waals surface area contributed by atoms with E-state index in [-0.39, 0.29) is 29.7 Å². The van der Waals surface area contributed by atoms with Crippen LogP contribution in [0, 0.1) is 10.1 Å². The number of rotatable bonds is 7. The minimum Gasteiger partial charge on any atom is -0.484 e. The first kappa shape index (κ1) is 15.9. The van der Waals surface area contributed by atoms with Gasteiger partial charge in [0, 0.05) is 12.1 Å². The third-order valence-corrected chi connectivity index (χ3v) is 2.46. The number of hydrogen-bond acceptors (Lipinski definition) is 6. The summed E-state index contributed by atoms with van der Waals surface area (Å²) in [6, 6.07) is 3.61. The van der Waals surface area contributed by atoms with E-state index in [1.165, 1.54) is 12.1 Å². The number of benzene rings is 1. The largest absolute Gasteiger partial charge is 0.484 e. The van der Waals surface area contributed by atoms with Crippen LogP contribution in [0.2, 0.25) is 5.02 Å². The molecule has 0 saturated carbocycles. The minimum atomic E-state index is -0.629. The highest BCUT2D eigenvalue weighted by molar-refractivity contribution is 6.32. The molecule has 7 nitrogen and oxygen atoms in total. The van der Waals surface area contributed by atoms with Crippen LogP contribution < -0.4 is 4.74 Å². The van der Waals surface area contributed by atoms with Gasteiger partial charge in [0.05, 0.1) is 16.6 Å². The SMILES string of the molecule is CCOC(=O)CC(=O)COc1ccc([N+](=O)[O-])cc1Cl. The van der Waals surface area contributed by atoms with Gasteiger partial charge in [0.2, 0.25) is 0 Å². The number of carbonyl (C=O) groups is 2. The number of Topliss-reactive ketones (excluding diaryl/α,β-unsaturated/α-hetero) is 1. The lowest BCUT2D eigenvalue weighted by atomic mass is 10.3. The molecule has 0 spiro atoms. The first-order chi connectivity index (χ1) is 9.43. The predicted octanol–water partition coefficient (Wildman–Crippen LogP) is 2.15. The van der Waals surface area contributed by atoms with Crippen LogP contribution in [0.4, 0.5) is 5.69 Å². The van der Waals surface area contributed by atoms with Crippen molar-refractivity contribution < 1.29 is 24.0 Å². The molecule has 0 N–H and O–H groups in total. The fourth-order valence-corrected chi connectivity index (χ4v) is 1.53. The van der Waals surface area contributed by atoms with E-state index in [0.717, 1.165) is 6.07 Å².